The monoisotopic (exact) mass is 200 g/mol. The maximum atomic E-state index is 10.9. The van der Waals surface area contributed by atoms with Crippen molar-refractivity contribution in [2.75, 3.05) is 16.7 Å². The van der Waals surface area contributed by atoms with E-state index in [1.54, 1.807) is 18.2 Å². The van der Waals surface area contributed by atoms with Crippen molar-refractivity contribution in [2.24, 2.45) is 0 Å². The number of nitrogens with two attached hydrogens (primary N) is 1. The van der Waals surface area contributed by atoms with E-state index < -0.39 is 10.0 Å². The van der Waals surface area contributed by atoms with Gasteiger partial charge in [-0.1, -0.05) is 6.07 Å². The van der Waals surface area contributed by atoms with Crippen molar-refractivity contribution >= 4 is 21.4 Å². The minimum absolute atomic E-state index is 0.530. The summed E-state index contributed by atoms with van der Waals surface area (Å²) >= 11 is 0. The van der Waals surface area contributed by atoms with Gasteiger partial charge in [-0.05, 0) is 24.6 Å². The predicted octanol–water partition coefficient (Wildman–Crippen LogP) is 0.949. The van der Waals surface area contributed by atoms with Crippen molar-refractivity contribution in [3.05, 3.63) is 23.8 Å². The summed E-state index contributed by atoms with van der Waals surface area (Å²) in [5.74, 6) is 0. The van der Waals surface area contributed by atoms with Gasteiger partial charge in [-0.15, -0.1) is 0 Å². The van der Waals surface area contributed by atoms with Crippen LogP contribution in [0.2, 0.25) is 0 Å². The summed E-state index contributed by atoms with van der Waals surface area (Å²) in [6.45, 7) is 1.81. The minimum Gasteiger partial charge on any atom is -0.399 e. The molecule has 0 amide bonds. The highest BCUT2D eigenvalue weighted by molar-refractivity contribution is 7.92. The molecule has 0 saturated heterocycles. The molecule has 0 atom stereocenters. The van der Waals surface area contributed by atoms with Gasteiger partial charge in [0.2, 0.25) is 10.0 Å². The Morgan fingerprint density at radius 3 is 2.54 bits per heavy atom. The summed E-state index contributed by atoms with van der Waals surface area (Å²) in [6, 6.07) is 5.09. The smallest absolute Gasteiger partial charge is 0.229 e. The Hall–Kier alpha value is -1.23. The zero-order valence-corrected chi connectivity index (χ0v) is 8.35. The molecule has 0 aliphatic heterocycles. The van der Waals surface area contributed by atoms with Crippen LogP contribution in [-0.4, -0.2) is 14.7 Å². The van der Waals surface area contributed by atoms with Gasteiger partial charge in [-0.25, -0.2) is 8.42 Å². The molecule has 0 saturated carbocycles. The third kappa shape index (κ3) is 2.95. The standard InChI is InChI=1S/C8H12N2O2S/c1-6-3-4-7(9)5-8(6)10-13(2,11)12/h3-5,10H,9H2,1-2H3. The molecule has 5 heteroatoms. The van der Waals surface area contributed by atoms with Gasteiger partial charge in [0.05, 0.1) is 11.9 Å². The van der Waals surface area contributed by atoms with Crippen LogP contribution in [0.5, 0.6) is 0 Å². The van der Waals surface area contributed by atoms with E-state index in [4.69, 9.17) is 5.73 Å². The van der Waals surface area contributed by atoms with E-state index >= 15 is 0 Å². The van der Waals surface area contributed by atoms with Crippen molar-refractivity contribution in [3.8, 4) is 0 Å². The van der Waals surface area contributed by atoms with Crippen molar-refractivity contribution in [1.82, 2.24) is 0 Å². The number of aryl methyl sites for hydroxylation is 1. The number of hydrogen-bond acceptors (Lipinski definition) is 3. The normalized spacial score (nSPS) is 11.2. The van der Waals surface area contributed by atoms with Gasteiger partial charge in [-0.3, -0.25) is 4.72 Å². The van der Waals surface area contributed by atoms with E-state index in [0.717, 1.165) is 11.8 Å². The topological polar surface area (TPSA) is 72.2 Å². The van der Waals surface area contributed by atoms with E-state index in [-0.39, 0.29) is 0 Å². The van der Waals surface area contributed by atoms with Crippen molar-refractivity contribution < 1.29 is 8.42 Å². The second-order valence-corrected chi connectivity index (χ2v) is 4.70. The second kappa shape index (κ2) is 3.26. The molecule has 1 rings (SSSR count). The highest BCUT2D eigenvalue weighted by atomic mass is 32.2. The van der Waals surface area contributed by atoms with Crippen LogP contribution in [-0.2, 0) is 10.0 Å². The Kier molecular flexibility index (Phi) is 2.47. The molecule has 72 valence electrons. The van der Waals surface area contributed by atoms with Crippen LogP contribution < -0.4 is 10.5 Å². The molecule has 3 N–H and O–H groups in total. The lowest BCUT2D eigenvalue weighted by molar-refractivity contribution is 0.607. The Morgan fingerprint density at radius 2 is 2.00 bits per heavy atom. The van der Waals surface area contributed by atoms with Gasteiger partial charge in [-0.2, -0.15) is 0 Å². The summed E-state index contributed by atoms with van der Waals surface area (Å²) in [6.07, 6.45) is 1.11. The average Bonchev–Trinajstić information content (AvgIpc) is 1.94. The first-order valence-electron chi connectivity index (χ1n) is 3.72. The molecule has 0 radical (unpaired) electrons. The number of anilines is 2. The lowest BCUT2D eigenvalue weighted by atomic mass is 10.2. The lowest BCUT2D eigenvalue weighted by Gasteiger charge is -2.07. The van der Waals surface area contributed by atoms with Crippen LogP contribution >= 0.6 is 0 Å². The van der Waals surface area contributed by atoms with E-state index in [0.29, 0.717) is 11.4 Å². The molecule has 0 spiro atoms. The molecule has 1 aromatic carbocycles. The van der Waals surface area contributed by atoms with Gasteiger partial charge in [0.25, 0.3) is 0 Å². The lowest BCUT2D eigenvalue weighted by Crippen LogP contribution is -2.10. The number of nitrogen functional groups attached to an aromatic ring is 1. The molecular weight excluding hydrogens is 188 g/mol. The van der Waals surface area contributed by atoms with Crippen molar-refractivity contribution in [3.63, 3.8) is 0 Å². The summed E-state index contributed by atoms with van der Waals surface area (Å²) in [4.78, 5) is 0. The van der Waals surface area contributed by atoms with Crippen LogP contribution in [0.4, 0.5) is 11.4 Å². The largest absolute Gasteiger partial charge is 0.399 e. The molecule has 13 heavy (non-hydrogen) atoms. The number of benzene rings is 1. The molecule has 0 fully saturated rings. The third-order valence-electron chi connectivity index (χ3n) is 1.56. The molecule has 0 unspecified atom stereocenters. The molecular formula is C8H12N2O2S. The Bertz CT molecular complexity index is 412. The van der Waals surface area contributed by atoms with Crippen molar-refractivity contribution in [2.45, 2.75) is 6.92 Å². The second-order valence-electron chi connectivity index (χ2n) is 2.95. The van der Waals surface area contributed by atoms with E-state index in [1.165, 1.54) is 0 Å². The molecule has 0 aliphatic carbocycles. The molecule has 0 aromatic heterocycles. The molecule has 1 aromatic rings. The van der Waals surface area contributed by atoms with Gasteiger partial charge < -0.3 is 5.73 Å². The fourth-order valence-corrected chi connectivity index (χ4v) is 1.57. The highest BCUT2D eigenvalue weighted by Gasteiger charge is 2.04. The Morgan fingerprint density at radius 1 is 1.38 bits per heavy atom. The third-order valence-corrected chi connectivity index (χ3v) is 2.15. The van der Waals surface area contributed by atoms with Crippen molar-refractivity contribution in [1.29, 1.82) is 0 Å². The molecule has 4 nitrogen and oxygen atoms in total. The maximum absolute atomic E-state index is 10.9. The van der Waals surface area contributed by atoms with E-state index in [2.05, 4.69) is 4.72 Å². The van der Waals surface area contributed by atoms with Gasteiger partial charge in [0.15, 0.2) is 0 Å². The summed E-state index contributed by atoms with van der Waals surface area (Å²) in [5.41, 5.74) is 7.43. The fraction of sp³-hybridized carbons (Fsp3) is 0.250. The van der Waals surface area contributed by atoms with Gasteiger partial charge in [0.1, 0.15) is 0 Å². The maximum Gasteiger partial charge on any atom is 0.229 e. The summed E-state index contributed by atoms with van der Waals surface area (Å²) < 4.78 is 24.2. The summed E-state index contributed by atoms with van der Waals surface area (Å²) in [7, 11) is -3.22. The highest BCUT2D eigenvalue weighted by Crippen LogP contribution is 2.18. The zero-order chi connectivity index (χ0) is 10.1. The molecule has 0 heterocycles. The number of nitrogens with one attached hydrogen (secondary N) is 1. The van der Waals surface area contributed by atoms with Crippen LogP contribution in [0.3, 0.4) is 0 Å². The molecule has 0 bridgehead atoms. The Balaban J connectivity index is 3.08. The minimum atomic E-state index is -3.22. The first-order chi connectivity index (χ1) is 5.88. The fourth-order valence-electron chi connectivity index (χ4n) is 0.949. The van der Waals surface area contributed by atoms with E-state index in [1.807, 2.05) is 6.92 Å². The van der Waals surface area contributed by atoms with Crippen LogP contribution in [0.15, 0.2) is 18.2 Å². The van der Waals surface area contributed by atoms with Gasteiger partial charge in [0, 0.05) is 5.69 Å². The predicted molar refractivity (Wildman–Crippen MR) is 54.1 cm³/mol. The van der Waals surface area contributed by atoms with Gasteiger partial charge >= 0.3 is 0 Å². The molecule has 0 aliphatic rings. The summed E-state index contributed by atoms with van der Waals surface area (Å²) in [5, 5.41) is 0. The first-order valence-corrected chi connectivity index (χ1v) is 5.61. The van der Waals surface area contributed by atoms with Crippen LogP contribution in [0.1, 0.15) is 5.56 Å². The number of sulfonamides is 1. The average molecular weight is 200 g/mol. The first kappa shape index (κ1) is 9.85. The number of hydrogen-bond donors (Lipinski definition) is 2. The van der Waals surface area contributed by atoms with E-state index in [9.17, 15) is 8.42 Å². The Labute approximate surface area is 77.8 Å². The SMILES string of the molecule is Cc1ccc(N)cc1NS(C)(=O)=O. The number of rotatable bonds is 2. The quantitative estimate of drug-likeness (QED) is 0.698. The van der Waals surface area contributed by atoms with Crippen LogP contribution in [0, 0.1) is 6.92 Å². The van der Waals surface area contributed by atoms with Crippen LogP contribution in [0.25, 0.3) is 0 Å². The zero-order valence-electron chi connectivity index (χ0n) is 7.53.